The molecule has 0 bridgehead atoms. The van der Waals surface area contributed by atoms with E-state index in [4.69, 9.17) is 11.1 Å². The second-order valence-electron chi connectivity index (χ2n) is 8.86. The van der Waals surface area contributed by atoms with Gasteiger partial charge < -0.3 is 11.1 Å². The molecule has 3 aromatic rings. The molecule has 0 amide bonds. The zero-order chi connectivity index (χ0) is 29.0. The molecule has 39 heavy (non-hydrogen) atoms. The maximum atomic E-state index is 7.66. The van der Waals surface area contributed by atoms with Crippen molar-refractivity contribution < 1.29 is 0 Å². The molecule has 3 N–H and O–H groups in total. The largest absolute Gasteiger partial charge is 0.327 e. The molecule has 0 saturated carbocycles. The van der Waals surface area contributed by atoms with Gasteiger partial charge in [0, 0.05) is 18.3 Å². The van der Waals surface area contributed by atoms with Gasteiger partial charge in [-0.2, -0.15) is 0 Å². The third-order valence-electron chi connectivity index (χ3n) is 5.62. The number of nitrogens with zero attached hydrogens (tertiary/aromatic N) is 1. The van der Waals surface area contributed by atoms with Crippen LogP contribution in [0, 0.1) is 26.2 Å². The summed E-state index contributed by atoms with van der Waals surface area (Å²) in [6.45, 7) is 14.9. The lowest BCUT2D eigenvalue weighted by Crippen LogP contribution is -1.97. The van der Waals surface area contributed by atoms with Crippen molar-refractivity contribution in [1.29, 1.82) is 5.41 Å². The molecule has 0 radical (unpaired) electrons. The van der Waals surface area contributed by atoms with Gasteiger partial charge >= 0.3 is 0 Å². The highest BCUT2D eigenvalue weighted by Gasteiger charge is 2.01. The minimum absolute atomic E-state index is 0.480. The van der Waals surface area contributed by atoms with Crippen molar-refractivity contribution in [1.82, 2.24) is 0 Å². The van der Waals surface area contributed by atoms with Crippen LogP contribution in [-0.4, -0.2) is 18.5 Å². The number of hydrogen-bond acceptors (Lipinski definition) is 3. The molecule has 0 fully saturated rings. The van der Waals surface area contributed by atoms with Crippen LogP contribution in [0.2, 0.25) is 0 Å². The first kappa shape index (κ1) is 32.9. The Kier molecular flexibility index (Phi) is 16.1. The van der Waals surface area contributed by atoms with Crippen LogP contribution in [0.1, 0.15) is 61.1 Å². The Morgan fingerprint density at radius 1 is 0.795 bits per heavy atom. The number of nitrogens with two attached hydrogens (primary N) is 1. The number of rotatable bonds is 6. The average molecular weight is 520 g/mol. The zero-order valence-electron chi connectivity index (χ0n) is 24.7. The van der Waals surface area contributed by atoms with E-state index in [1.54, 1.807) is 12.2 Å². The van der Waals surface area contributed by atoms with Gasteiger partial charge in [-0.3, -0.25) is 4.99 Å². The van der Waals surface area contributed by atoms with E-state index in [0.717, 1.165) is 11.3 Å². The third-order valence-corrected chi connectivity index (χ3v) is 5.62. The van der Waals surface area contributed by atoms with Crippen molar-refractivity contribution >= 4 is 23.2 Å². The van der Waals surface area contributed by atoms with Crippen LogP contribution < -0.4 is 5.73 Å². The molecule has 1 aliphatic heterocycles. The predicted octanol–water partition coefficient (Wildman–Crippen LogP) is 9.30. The fourth-order valence-electron chi connectivity index (χ4n) is 3.21. The van der Waals surface area contributed by atoms with Gasteiger partial charge in [0.05, 0.1) is 11.4 Å². The third kappa shape index (κ3) is 12.8. The van der Waals surface area contributed by atoms with Crippen LogP contribution in [0.3, 0.4) is 0 Å². The van der Waals surface area contributed by atoms with Crippen LogP contribution in [0.15, 0.2) is 114 Å². The molecule has 3 aromatic carbocycles. The van der Waals surface area contributed by atoms with Crippen LogP contribution in [-0.2, 0) is 0 Å². The summed E-state index contributed by atoms with van der Waals surface area (Å²) in [7, 11) is 0. The Hall–Kier alpha value is -4.08. The fourth-order valence-corrected chi connectivity index (χ4v) is 3.21. The van der Waals surface area contributed by atoms with Gasteiger partial charge in [-0.25, -0.2) is 0 Å². The van der Waals surface area contributed by atoms with Crippen molar-refractivity contribution in [3.8, 4) is 0 Å². The molecule has 204 valence electrons. The normalized spacial score (nSPS) is 11.8. The molecule has 0 spiro atoms. The van der Waals surface area contributed by atoms with Crippen LogP contribution in [0.25, 0.3) is 11.3 Å². The second-order valence-corrected chi connectivity index (χ2v) is 8.86. The average Bonchev–Trinajstić information content (AvgIpc) is 2.93. The number of allylic oxidation sites excluding steroid dienone is 6. The maximum Gasteiger partial charge on any atom is 0.0717 e. The minimum Gasteiger partial charge on any atom is -0.327 e. The summed E-state index contributed by atoms with van der Waals surface area (Å²) in [6, 6.07) is 24.9. The van der Waals surface area contributed by atoms with Crippen LogP contribution >= 0.6 is 0 Å². The van der Waals surface area contributed by atoms with Gasteiger partial charge in [-0.15, -0.1) is 0 Å². The highest BCUT2D eigenvalue weighted by molar-refractivity contribution is 6.06. The number of benzene rings is 3. The van der Waals surface area contributed by atoms with Crippen molar-refractivity contribution in [3.05, 3.63) is 143 Å². The van der Waals surface area contributed by atoms with Gasteiger partial charge in [0.1, 0.15) is 0 Å². The summed E-state index contributed by atoms with van der Waals surface area (Å²) in [5.74, 6) is 0. The Morgan fingerprint density at radius 3 is 1.67 bits per heavy atom. The Morgan fingerprint density at radius 2 is 1.26 bits per heavy atom. The van der Waals surface area contributed by atoms with Gasteiger partial charge in [0.2, 0.25) is 0 Å². The van der Waals surface area contributed by atoms with E-state index in [1.165, 1.54) is 33.4 Å². The molecular weight excluding hydrogens is 474 g/mol. The van der Waals surface area contributed by atoms with Gasteiger partial charge in [-0.05, 0) is 63.5 Å². The Balaban J connectivity index is 0.000000284. The smallest absolute Gasteiger partial charge is 0.0717 e. The quantitative estimate of drug-likeness (QED) is 0.247. The molecule has 1 heterocycles. The standard InChI is InChI=1S/C13H16.C11H14N2.C10H9N.C2H6/c1-4-5-6-12(3)13-9-7-11(2)8-10-13;1-9-4-6-10(7-5-9)11(13)3-2-8-12;1-8-2-4-9(5-3-8)10-6-7-11-10;1-2/h4-10H,1-3H3;2-7,13H,8,12H2,1H3;2-7H,1H3;1-2H3/b5-4+,12-6+;3-2-,13-11?;;. The number of aliphatic imine (C=N–C) groups is 1. The summed E-state index contributed by atoms with van der Waals surface area (Å²) in [5.41, 5.74) is 15.4. The monoisotopic (exact) mass is 519 g/mol. The molecule has 0 atom stereocenters. The summed E-state index contributed by atoms with van der Waals surface area (Å²) in [5, 5.41) is 7.66. The molecule has 1 aliphatic rings. The first-order chi connectivity index (χ1) is 18.8. The molecule has 4 rings (SSSR count). The lowest BCUT2D eigenvalue weighted by molar-refractivity contribution is 1.25. The second kappa shape index (κ2) is 19.1. The Bertz CT molecular complexity index is 1270. The molecule has 0 aromatic heterocycles. The molecule has 0 aliphatic carbocycles. The van der Waals surface area contributed by atoms with Crippen molar-refractivity contribution in [2.45, 2.75) is 48.5 Å². The first-order valence-corrected chi connectivity index (χ1v) is 13.5. The fraction of sp³-hybridized carbons (Fsp3) is 0.222. The van der Waals surface area contributed by atoms with E-state index in [-0.39, 0.29) is 0 Å². The van der Waals surface area contributed by atoms with Crippen molar-refractivity contribution in [2.24, 2.45) is 10.7 Å². The SMILES string of the molecule is C/C=C/C=C(\C)c1ccc(C)cc1.CC.Cc1ccc(C(=N)/C=C\CN)cc1.Cc1ccc(C2=CC=N2)cc1. The maximum absolute atomic E-state index is 7.66. The zero-order valence-corrected chi connectivity index (χ0v) is 24.7. The van der Waals surface area contributed by atoms with Gasteiger partial charge in [0.25, 0.3) is 0 Å². The van der Waals surface area contributed by atoms with E-state index in [0.29, 0.717) is 12.3 Å². The van der Waals surface area contributed by atoms with Gasteiger partial charge in [0.15, 0.2) is 0 Å². The lowest BCUT2D eigenvalue weighted by atomic mass is 10.1. The summed E-state index contributed by atoms with van der Waals surface area (Å²) >= 11 is 0. The molecular formula is C36H45N3. The highest BCUT2D eigenvalue weighted by atomic mass is 14.8. The predicted molar refractivity (Wildman–Crippen MR) is 175 cm³/mol. The molecule has 0 saturated heterocycles. The number of hydrogen-bond donors (Lipinski definition) is 2. The van der Waals surface area contributed by atoms with Crippen LogP contribution in [0.4, 0.5) is 0 Å². The summed E-state index contributed by atoms with van der Waals surface area (Å²) < 4.78 is 0. The highest BCUT2D eigenvalue weighted by Crippen LogP contribution is 2.19. The summed E-state index contributed by atoms with van der Waals surface area (Å²) in [4.78, 5) is 4.11. The van der Waals surface area contributed by atoms with E-state index in [1.807, 2.05) is 70.3 Å². The topological polar surface area (TPSA) is 62.2 Å². The lowest BCUT2D eigenvalue weighted by Gasteiger charge is -2.05. The Labute approximate surface area is 236 Å². The molecule has 3 heteroatoms. The minimum atomic E-state index is 0.480. The first-order valence-electron chi connectivity index (χ1n) is 13.5. The van der Waals surface area contributed by atoms with E-state index >= 15 is 0 Å². The molecule has 0 unspecified atom stereocenters. The summed E-state index contributed by atoms with van der Waals surface area (Å²) in [6.07, 6.45) is 13.6. The van der Waals surface area contributed by atoms with Gasteiger partial charge in [-0.1, -0.05) is 128 Å². The van der Waals surface area contributed by atoms with E-state index in [9.17, 15) is 0 Å². The van der Waals surface area contributed by atoms with Crippen molar-refractivity contribution in [3.63, 3.8) is 0 Å². The van der Waals surface area contributed by atoms with Crippen LogP contribution in [0.5, 0.6) is 0 Å². The van der Waals surface area contributed by atoms with Crippen molar-refractivity contribution in [2.75, 3.05) is 6.54 Å². The number of aryl methyl sites for hydroxylation is 3. The van der Waals surface area contributed by atoms with E-state index in [2.05, 4.69) is 86.4 Å². The number of nitrogens with one attached hydrogen (secondary N) is 1. The molecule has 3 nitrogen and oxygen atoms in total. The van der Waals surface area contributed by atoms with E-state index < -0.39 is 0 Å².